The summed E-state index contributed by atoms with van der Waals surface area (Å²) in [6.45, 7) is -0.0781. The molecule has 0 aliphatic heterocycles. The molecule has 0 bridgehead atoms. The normalized spacial score (nSPS) is 10.3. The molecule has 0 saturated carbocycles. The van der Waals surface area contributed by atoms with E-state index < -0.39 is 5.97 Å². The van der Waals surface area contributed by atoms with Crippen molar-refractivity contribution in [2.75, 3.05) is 7.11 Å². The Morgan fingerprint density at radius 1 is 0.638 bits per heavy atom. The molecule has 6 rings (SSSR count). The van der Waals surface area contributed by atoms with Gasteiger partial charge in [0.2, 0.25) is 0 Å². The number of fused-ring (bicyclic) bond motifs is 2. The Hall–Kier alpha value is -4.62. The van der Waals surface area contributed by atoms with Gasteiger partial charge in [0.25, 0.3) is 0 Å². The molecule has 0 aliphatic carbocycles. The number of aliphatic hydroxyl groups is 2. The molecule has 0 aliphatic rings. The minimum Gasteiger partial charge on any atom is -0.870 e. The van der Waals surface area contributed by atoms with Crippen molar-refractivity contribution >= 4 is 33.7 Å². The number of carbonyl (C=O) groups is 2. The van der Waals surface area contributed by atoms with Gasteiger partial charge in [-0.15, -0.1) is 0 Å². The van der Waals surface area contributed by atoms with Crippen molar-refractivity contribution in [2.45, 2.75) is 26.1 Å². The van der Waals surface area contributed by atoms with Gasteiger partial charge in [-0.2, -0.15) is 0 Å². The van der Waals surface area contributed by atoms with Crippen molar-refractivity contribution in [3.05, 3.63) is 142 Å². The number of benzene rings is 2. The molecule has 0 radical (unpaired) electrons. The monoisotopic (exact) mass is 642 g/mol. The maximum atomic E-state index is 11.6. The van der Waals surface area contributed by atoms with Crippen molar-refractivity contribution < 1.29 is 64.7 Å². The molecule has 0 unspecified atom stereocenters. The van der Waals surface area contributed by atoms with Crippen LogP contribution in [0, 0.1) is 0 Å². The fourth-order valence-electron chi connectivity index (χ4n) is 4.79. The summed E-state index contributed by atoms with van der Waals surface area (Å²) in [4.78, 5) is 39.7. The number of methoxy groups -OCH3 is 1. The number of hydrogen-bond acceptors (Lipinski definition) is 10. The maximum Gasteiger partial charge on any atom is 1.00 e. The Morgan fingerprint density at radius 3 is 1.53 bits per heavy atom. The van der Waals surface area contributed by atoms with Crippen LogP contribution in [0.3, 0.4) is 0 Å². The van der Waals surface area contributed by atoms with E-state index in [1.54, 1.807) is 36.8 Å². The number of pyridine rings is 4. The molecular formula is C35H31N4NaO7. The Kier molecular flexibility index (Phi) is 13.6. The molecule has 0 spiro atoms. The van der Waals surface area contributed by atoms with Gasteiger partial charge in [-0.05, 0) is 82.9 Å². The van der Waals surface area contributed by atoms with Gasteiger partial charge >= 0.3 is 41.5 Å². The summed E-state index contributed by atoms with van der Waals surface area (Å²) in [5, 5.41) is 29.3. The number of carbonyl (C=O) groups excluding carboxylic acids is 1. The van der Waals surface area contributed by atoms with Crippen LogP contribution in [-0.4, -0.2) is 59.8 Å². The topological polar surface area (TPSA) is 186 Å². The number of aromatic nitrogens is 4. The molecule has 0 fully saturated rings. The van der Waals surface area contributed by atoms with Crippen molar-refractivity contribution in [3.8, 4) is 0 Å². The first-order chi connectivity index (χ1) is 21.8. The first-order valence-electron chi connectivity index (χ1n) is 14.0. The van der Waals surface area contributed by atoms with Gasteiger partial charge in [0, 0.05) is 59.8 Å². The molecule has 0 saturated heterocycles. The van der Waals surface area contributed by atoms with E-state index >= 15 is 0 Å². The average molecular weight is 643 g/mol. The minimum absolute atomic E-state index is 0. The number of rotatable bonds is 8. The second-order valence-corrected chi connectivity index (χ2v) is 10.3. The van der Waals surface area contributed by atoms with Gasteiger partial charge < -0.3 is 25.5 Å². The number of ether oxygens (including phenoxy) is 1. The van der Waals surface area contributed by atoms with E-state index in [1.165, 1.54) is 19.4 Å². The summed E-state index contributed by atoms with van der Waals surface area (Å²) in [6.07, 6.45) is 7.58. The summed E-state index contributed by atoms with van der Waals surface area (Å²) in [5.41, 5.74) is 7.55. The van der Waals surface area contributed by atoms with Gasteiger partial charge in [0.05, 0.1) is 42.5 Å². The molecule has 2 aromatic carbocycles. The molecule has 234 valence electrons. The second-order valence-electron chi connectivity index (χ2n) is 10.3. The average Bonchev–Trinajstić information content (AvgIpc) is 3.07. The molecule has 6 aromatic rings. The Labute approximate surface area is 292 Å². The van der Waals surface area contributed by atoms with Crippen molar-refractivity contribution in [2.24, 2.45) is 0 Å². The minimum atomic E-state index is -0.959. The molecule has 4 N–H and O–H groups in total. The van der Waals surface area contributed by atoms with Crippen molar-refractivity contribution in [3.63, 3.8) is 0 Å². The number of aromatic carboxylic acids is 1. The van der Waals surface area contributed by atoms with E-state index in [2.05, 4.69) is 19.9 Å². The van der Waals surface area contributed by atoms with Crippen molar-refractivity contribution in [1.82, 2.24) is 19.9 Å². The van der Waals surface area contributed by atoms with E-state index in [0.717, 1.165) is 49.8 Å². The standard InChI is InChI=1S/C18H16N2O3.C17H14N2O3.Na.H2O/c1-23-18(22)14-4-5-19-16(9-14)8-12-2-3-17-15(6-12)7-13(11-21)10-20-17;20-10-12-6-14-5-11(1-2-16(14)19-9-12)7-15-8-13(17(21)22)3-4-18-15;;/h2-7,9-10,21H,8,11H2,1H3;1-6,8-9,20H,7,10H2,(H,21,22);;1H2/q;;+1;/p-1. The summed E-state index contributed by atoms with van der Waals surface area (Å²) < 4.78 is 4.73. The molecule has 12 heteroatoms. The van der Waals surface area contributed by atoms with Gasteiger partial charge in [0.1, 0.15) is 0 Å². The molecule has 11 nitrogen and oxygen atoms in total. The fourth-order valence-corrected chi connectivity index (χ4v) is 4.79. The number of aliphatic hydroxyl groups excluding tert-OH is 2. The molecule has 4 heterocycles. The van der Waals surface area contributed by atoms with Crippen LogP contribution in [0.5, 0.6) is 0 Å². The maximum absolute atomic E-state index is 11.6. The largest absolute Gasteiger partial charge is 1.00 e. The second kappa shape index (κ2) is 17.3. The van der Waals surface area contributed by atoms with Crippen LogP contribution < -0.4 is 29.6 Å². The Balaban J connectivity index is 0.000000245. The third-order valence-corrected chi connectivity index (χ3v) is 7.04. The van der Waals surface area contributed by atoms with Crippen LogP contribution in [0.25, 0.3) is 21.8 Å². The van der Waals surface area contributed by atoms with Gasteiger partial charge in [0.15, 0.2) is 0 Å². The van der Waals surface area contributed by atoms with Crippen LogP contribution in [0.1, 0.15) is 54.4 Å². The zero-order chi connectivity index (χ0) is 31.8. The van der Waals surface area contributed by atoms with E-state index in [1.807, 2.05) is 48.5 Å². The number of carboxylic acid groups (broad SMARTS) is 1. The molecule has 4 aromatic heterocycles. The van der Waals surface area contributed by atoms with Gasteiger partial charge in [-0.25, -0.2) is 9.59 Å². The van der Waals surface area contributed by atoms with Crippen molar-refractivity contribution in [1.29, 1.82) is 0 Å². The summed E-state index contributed by atoms with van der Waals surface area (Å²) >= 11 is 0. The third kappa shape index (κ3) is 9.69. The summed E-state index contributed by atoms with van der Waals surface area (Å²) in [6, 6.07) is 22.0. The predicted molar refractivity (Wildman–Crippen MR) is 170 cm³/mol. The number of hydrogen-bond donors (Lipinski definition) is 3. The number of carboxylic acids is 1. The summed E-state index contributed by atoms with van der Waals surface area (Å²) in [5.74, 6) is -1.33. The van der Waals surface area contributed by atoms with Gasteiger partial charge in [-0.1, -0.05) is 12.1 Å². The number of nitrogens with zero attached hydrogens (tertiary/aromatic N) is 4. The van der Waals surface area contributed by atoms with E-state index in [0.29, 0.717) is 24.1 Å². The van der Waals surface area contributed by atoms with Crippen LogP contribution >= 0.6 is 0 Å². The zero-order valence-electron chi connectivity index (χ0n) is 25.9. The third-order valence-electron chi connectivity index (χ3n) is 7.04. The van der Waals surface area contributed by atoms with E-state index in [-0.39, 0.29) is 59.8 Å². The van der Waals surface area contributed by atoms with Gasteiger partial charge in [-0.3, -0.25) is 19.9 Å². The van der Waals surface area contributed by atoms with E-state index in [9.17, 15) is 19.8 Å². The zero-order valence-corrected chi connectivity index (χ0v) is 27.9. The summed E-state index contributed by atoms with van der Waals surface area (Å²) in [7, 11) is 1.36. The fraction of sp³-hybridized carbons (Fsp3) is 0.143. The number of esters is 1. The molecule has 0 amide bonds. The molecular weight excluding hydrogens is 611 g/mol. The van der Waals surface area contributed by atoms with Crippen LogP contribution in [0.4, 0.5) is 0 Å². The Morgan fingerprint density at radius 2 is 1.09 bits per heavy atom. The first-order valence-corrected chi connectivity index (χ1v) is 14.0. The predicted octanol–water partition coefficient (Wildman–Crippen LogP) is 1.74. The quantitative estimate of drug-likeness (QED) is 0.162. The first kappa shape index (κ1) is 36.8. The smallest absolute Gasteiger partial charge is 0.870 e. The molecule has 0 atom stereocenters. The molecule has 47 heavy (non-hydrogen) atoms. The van der Waals surface area contributed by atoms with Crippen LogP contribution in [0.2, 0.25) is 0 Å². The van der Waals surface area contributed by atoms with E-state index in [4.69, 9.17) is 9.84 Å². The van der Waals surface area contributed by atoms with Crippen LogP contribution in [0.15, 0.2) is 97.6 Å². The van der Waals surface area contributed by atoms with Crippen LogP contribution in [-0.2, 0) is 30.8 Å². The SMILES string of the molecule is COC(=O)c1ccnc(Cc2ccc3ncc(CO)cc3c2)c1.O=C(O)c1ccnc(Cc2ccc3ncc(CO)cc3c2)c1.[Na+].[OH-]. The Bertz CT molecular complexity index is 2010.